The molecule has 0 spiro atoms. The number of thiazole rings is 1. The molecule has 7 heteroatoms. The van der Waals surface area contributed by atoms with Gasteiger partial charge < -0.3 is 5.73 Å². The van der Waals surface area contributed by atoms with Gasteiger partial charge in [0.05, 0.1) is 9.90 Å². The molecule has 2 aromatic rings. The van der Waals surface area contributed by atoms with Crippen molar-refractivity contribution in [2.24, 2.45) is 5.73 Å². The third kappa shape index (κ3) is 3.84. The van der Waals surface area contributed by atoms with E-state index in [-0.39, 0.29) is 4.90 Å². The molecule has 0 amide bonds. The summed E-state index contributed by atoms with van der Waals surface area (Å²) in [6, 6.07) is 6.56. The SMILES string of the molecule is NCc1ccc(S(=O)(=O)NCCc2nccs2)cc1. The zero-order valence-electron chi connectivity index (χ0n) is 10.2. The largest absolute Gasteiger partial charge is 0.326 e. The molecule has 1 aromatic heterocycles. The molecular weight excluding hydrogens is 282 g/mol. The number of sulfonamides is 1. The maximum Gasteiger partial charge on any atom is 0.240 e. The summed E-state index contributed by atoms with van der Waals surface area (Å²) in [6.07, 6.45) is 2.30. The van der Waals surface area contributed by atoms with Gasteiger partial charge in [-0.2, -0.15) is 0 Å². The van der Waals surface area contributed by atoms with Gasteiger partial charge in [0.2, 0.25) is 10.0 Å². The Morgan fingerprint density at radius 1 is 1.26 bits per heavy atom. The molecule has 2 rings (SSSR count). The Balaban J connectivity index is 1.97. The van der Waals surface area contributed by atoms with Crippen LogP contribution in [0.5, 0.6) is 0 Å². The molecule has 0 atom stereocenters. The topological polar surface area (TPSA) is 85.1 Å². The smallest absolute Gasteiger partial charge is 0.240 e. The summed E-state index contributed by atoms with van der Waals surface area (Å²) >= 11 is 1.51. The maximum absolute atomic E-state index is 12.0. The average molecular weight is 297 g/mol. The molecular formula is C12H15N3O2S2. The minimum absolute atomic E-state index is 0.254. The molecule has 0 bridgehead atoms. The van der Waals surface area contributed by atoms with Gasteiger partial charge in [-0.1, -0.05) is 12.1 Å². The van der Waals surface area contributed by atoms with Crippen LogP contribution in [0.15, 0.2) is 40.7 Å². The van der Waals surface area contributed by atoms with Crippen molar-refractivity contribution in [2.45, 2.75) is 17.9 Å². The Labute approximate surface area is 116 Å². The lowest BCUT2D eigenvalue weighted by atomic mass is 10.2. The fraction of sp³-hybridized carbons (Fsp3) is 0.250. The van der Waals surface area contributed by atoms with Crippen LogP contribution in [0.4, 0.5) is 0 Å². The number of nitrogens with two attached hydrogens (primary N) is 1. The van der Waals surface area contributed by atoms with Gasteiger partial charge in [0.1, 0.15) is 0 Å². The first-order valence-electron chi connectivity index (χ1n) is 5.79. The number of nitrogens with zero attached hydrogens (tertiary/aromatic N) is 1. The summed E-state index contributed by atoms with van der Waals surface area (Å²) in [7, 11) is -3.45. The minimum atomic E-state index is -3.45. The standard InChI is InChI=1S/C12H15N3O2S2/c13-9-10-1-3-11(4-2-10)19(16,17)15-6-5-12-14-7-8-18-12/h1-4,7-8,15H,5-6,9,13H2. The van der Waals surface area contributed by atoms with E-state index >= 15 is 0 Å². The first kappa shape index (κ1) is 14.1. The van der Waals surface area contributed by atoms with E-state index < -0.39 is 10.0 Å². The molecule has 19 heavy (non-hydrogen) atoms. The number of nitrogens with one attached hydrogen (secondary N) is 1. The molecule has 0 fully saturated rings. The van der Waals surface area contributed by atoms with Gasteiger partial charge in [-0.3, -0.25) is 0 Å². The molecule has 0 saturated carbocycles. The van der Waals surface area contributed by atoms with Crippen LogP contribution < -0.4 is 10.5 Å². The van der Waals surface area contributed by atoms with Crippen LogP contribution in [0.1, 0.15) is 10.6 Å². The van der Waals surface area contributed by atoms with Gasteiger partial charge in [-0.25, -0.2) is 18.1 Å². The number of rotatable bonds is 6. The summed E-state index contributed by atoms with van der Waals surface area (Å²) in [5, 5.41) is 2.79. The molecule has 5 nitrogen and oxygen atoms in total. The van der Waals surface area contributed by atoms with Gasteiger partial charge in [-0.15, -0.1) is 11.3 Å². The zero-order chi connectivity index (χ0) is 13.7. The second-order valence-electron chi connectivity index (χ2n) is 3.92. The van der Waals surface area contributed by atoms with E-state index in [1.54, 1.807) is 30.5 Å². The lowest BCUT2D eigenvalue weighted by molar-refractivity contribution is 0.581. The number of benzene rings is 1. The predicted octanol–water partition coefficient (Wildman–Crippen LogP) is 1.12. The molecule has 3 N–H and O–H groups in total. The third-order valence-corrected chi connectivity index (χ3v) is 4.90. The fourth-order valence-electron chi connectivity index (χ4n) is 1.56. The van der Waals surface area contributed by atoms with E-state index in [1.165, 1.54) is 11.3 Å². The van der Waals surface area contributed by atoms with Gasteiger partial charge >= 0.3 is 0 Å². The van der Waals surface area contributed by atoms with Crippen LogP contribution in [-0.2, 0) is 23.0 Å². The minimum Gasteiger partial charge on any atom is -0.326 e. The fourth-order valence-corrected chi connectivity index (χ4v) is 3.21. The van der Waals surface area contributed by atoms with Crippen LogP contribution in [0.3, 0.4) is 0 Å². The zero-order valence-corrected chi connectivity index (χ0v) is 11.9. The summed E-state index contributed by atoms with van der Waals surface area (Å²) < 4.78 is 26.6. The van der Waals surface area contributed by atoms with Crippen LogP contribution >= 0.6 is 11.3 Å². The average Bonchev–Trinajstić information content (AvgIpc) is 2.92. The summed E-state index contributed by atoms with van der Waals surface area (Å²) in [4.78, 5) is 4.35. The first-order valence-corrected chi connectivity index (χ1v) is 8.15. The summed E-state index contributed by atoms with van der Waals surface area (Å²) in [5.41, 5.74) is 6.38. The number of hydrogen-bond acceptors (Lipinski definition) is 5. The van der Waals surface area contributed by atoms with Crippen LogP contribution in [0.2, 0.25) is 0 Å². The van der Waals surface area contributed by atoms with E-state index in [9.17, 15) is 8.42 Å². The molecule has 0 unspecified atom stereocenters. The van der Waals surface area contributed by atoms with Crippen molar-refractivity contribution < 1.29 is 8.42 Å². The van der Waals surface area contributed by atoms with Crippen LogP contribution in [-0.4, -0.2) is 19.9 Å². The molecule has 0 aliphatic rings. The van der Waals surface area contributed by atoms with Crippen molar-refractivity contribution in [3.05, 3.63) is 46.4 Å². The maximum atomic E-state index is 12.0. The van der Waals surface area contributed by atoms with Crippen molar-refractivity contribution in [3.8, 4) is 0 Å². The summed E-state index contributed by atoms with van der Waals surface area (Å²) in [5.74, 6) is 0. The lowest BCUT2D eigenvalue weighted by Crippen LogP contribution is -2.26. The Morgan fingerprint density at radius 2 is 2.00 bits per heavy atom. The van der Waals surface area contributed by atoms with Crippen LogP contribution in [0.25, 0.3) is 0 Å². The molecule has 1 heterocycles. The van der Waals surface area contributed by atoms with Gasteiger partial charge in [-0.05, 0) is 17.7 Å². The van der Waals surface area contributed by atoms with Crippen molar-refractivity contribution in [1.82, 2.24) is 9.71 Å². The van der Waals surface area contributed by atoms with Gasteiger partial charge in [0.15, 0.2) is 0 Å². The van der Waals surface area contributed by atoms with E-state index in [0.29, 0.717) is 19.5 Å². The van der Waals surface area contributed by atoms with Crippen molar-refractivity contribution in [3.63, 3.8) is 0 Å². The highest BCUT2D eigenvalue weighted by atomic mass is 32.2. The second kappa shape index (κ2) is 6.25. The van der Waals surface area contributed by atoms with E-state index in [4.69, 9.17) is 5.73 Å². The highest BCUT2D eigenvalue weighted by Gasteiger charge is 2.13. The normalized spacial score (nSPS) is 11.6. The summed E-state index contributed by atoms with van der Waals surface area (Å²) in [6.45, 7) is 0.742. The number of hydrogen-bond donors (Lipinski definition) is 2. The highest BCUT2D eigenvalue weighted by Crippen LogP contribution is 2.10. The van der Waals surface area contributed by atoms with Crippen molar-refractivity contribution in [1.29, 1.82) is 0 Å². The van der Waals surface area contributed by atoms with E-state index in [2.05, 4.69) is 9.71 Å². The highest BCUT2D eigenvalue weighted by molar-refractivity contribution is 7.89. The molecule has 0 saturated heterocycles. The van der Waals surface area contributed by atoms with Crippen LogP contribution in [0, 0.1) is 0 Å². The number of aromatic nitrogens is 1. The lowest BCUT2D eigenvalue weighted by Gasteiger charge is -2.06. The van der Waals surface area contributed by atoms with Crippen molar-refractivity contribution >= 4 is 21.4 Å². The molecule has 102 valence electrons. The monoisotopic (exact) mass is 297 g/mol. The quantitative estimate of drug-likeness (QED) is 0.837. The molecule has 0 aliphatic carbocycles. The second-order valence-corrected chi connectivity index (χ2v) is 6.67. The van der Waals surface area contributed by atoms with Gasteiger partial charge in [0, 0.05) is 31.1 Å². The van der Waals surface area contributed by atoms with Gasteiger partial charge in [0.25, 0.3) is 0 Å². The first-order chi connectivity index (χ1) is 9.12. The Hall–Kier alpha value is -1.28. The molecule has 1 aromatic carbocycles. The van der Waals surface area contributed by atoms with Crippen molar-refractivity contribution in [2.75, 3.05) is 6.54 Å². The third-order valence-electron chi connectivity index (χ3n) is 2.58. The molecule has 0 aliphatic heterocycles. The predicted molar refractivity (Wildman–Crippen MR) is 75.3 cm³/mol. The van der Waals surface area contributed by atoms with E-state index in [1.807, 2.05) is 5.38 Å². The van der Waals surface area contributed by atoms with E-state index in [0.717, 1.165) is 10.6 Å². The Bertz CT molecular complexity index is 607. The molecule has 0 radical (unpaired) electrons. The Kier molecular flexibility index (Phi) is 4.65. The Morgan fingerprint density at radius 3 is 2.58 bits per heavy atom.